The molecule has 1 fully saturated rings. The molecule has 0 spiro atoms. The van der Waals surface area contributed by atoms with Crippen molar-refractivity contribution in [3.8, 4) is 5.75 Å². The highest BCUT2D eigenvalue weighted by Crippen LogP contribution is 2.28. The van der Waals surface area contributed by atoms with Crippen molar-refractivity contribution in [3.63, 3.8) is 0 Å². The lowest BCUT2D eigenvalue weighted by Gasteiger charge is -2.32. The molecule has 3 rings (SSSR count). The number of para-hydroxylation sites is 2. The molecule has 2 aromatic carbocycles. The van der Waals surface area contributed by atoms with Crippen molar-refractivity contribution >= 4 is 17.3 Å². The highest BCUT2D eigenvalue weighted by Gasteiger charge is 2.19. The normalized spacial score (nSPS) is 15.3. The van der Waals surface area contributed by atoms with E-state index in [4.69, 9.17) is 0 Å². The van der Waals surface area contributed by atoms with Crippen molar-refractivity contribution in [2.45, 2.75) is 25.4 Å². The molecule has 1 heterocycles. The zero-order valence-electron chi connectivity index (χ0n) is 13.5. The quantitative estimate of drug-likeness (QED) is 0.807. The summed E-state index contributed by atoms with van der Waals surface area (Å²) in [6.45, 7) is 1.57. The summed E-state index contributed by atoms with van der Waals surface area (Å²) in [5.41, 5.74) is 2.63. The number of benzene rings is 2. The Kier molecular flexibility index (Phi) is 5.01. The molecule has 5 heteroatoms. The summed E-state index contributed by atoms with van der Waals surface area (Å²) >= 11 is 0. The van der Waals surface area contributed by atoms with E-state index in [1.54, 1.807) is 24.3 Å². The fraction of sp³-hybridized carbons (Fsp3) is 0.316. The van der Waals surface area contributed by atoms with Gasteiger partial charge in [0, 0.05) is 13.1 Å². The minimum absolute atomic E-state index is 0.0924. The second-order valence-corrected chi connectivity index (χ2v) is 6.13. The van der Waals surface area contributed by atoms with E-state index in [1.807, 2.05) is 24.3 Å². The summed E-state index contributed by atoms with van der Waals surface area (Å²) in [6.07, 6.45) is 1.52. The molecule has 0 radical (unpaired) electrons. The minimum atomic E-state index is -0.225. The molecule has 1 aliphatic heterocycles. The van der Waals surface area contributed by atoms with Crippen LogP contribution in [-0.4, -0.2) is 35.3 Å². The number of anilines is 2. The fourth-order valence-corrected chi connectivity index (χ4v) is 2.96. The van der Waals surface area contributed by atoms with Crippen molar-refractivity contribution in [1.82, 2.24) is 0 Å². The molecule has 24 heavy (non-hydrogen) atoms. The predicted octanol–water partition coefficient (Wildman–Crippen LogP) is 2.53. The van der Waals surface area contributed by atoms with E-state index in [2.05, 4.69) is 10.2 Å². The van der Waals surface area contributed by atoms with Gasteiger partial charge in [0.15, 0.2) is 0 Å². The van der Waals surface area contributed by atoms with Crippen molar-refractivity contribution in [3.05, 3.63) is 54.1 Å². The lowest BCUT2D eigenvalue weighted by molar-refractivity contribution is -0.115. The van der Waals surface area contributed by atoms with Gasteiger partial charge in [0.05, 0.1) is 23.9 Å². The lowest BCUT2D eigenvalue weighted by atomic mass is 10.1. The van der Waals surface area contributed by atoms with Crippen LogP contribution in [0.3, 0.4) is 0 Å². The fourth-order valence-electron chi connectivity index (χ4n) is 2.96. The maximum atomic E-state index is 12.3. The largest absolute Gasteiger partial charge is 0.508 e. The van der Waals surface area contributed by atoms with E-state index >= 15 is 0 Å². The van der Waals surface area contributed by atoms with Crippen molar-refractivity contribution < 1.29 is 15.0 Å². The van der Waals surface area contributed by atoms with Gasteiger partial charge in [-0.15, -0.1) is 0 Å². The number of aliphatic hydroxyl groups is 1. The Bertz CT molecular complexity index is 692. The Morgan fingerprint density at radius 2 is 1.75 bits per heavy atom. The highest BCUT2D eigenvalue weighted by molar-refractivity contribution is 5.95. The van der Waals surface area contributed by atoms with E-state index < -0.39 is 0 Å². The average Bonchev–Trinajstić information content (AvgIpc) is 2.58. The van der Waals surface area contributed by atoms with Crippen LogP contribution >= 0.6 is 0 Å². The van der Waals surface area contributed by atoms with Crippen LogP contribution < -0.4 is 10.2 Å². The number of carbonyl (C=O) groups is 1. The van der Waals surface area contributed by atoms with E-state index in [0.717, 1.165) is 42.9 Å². The second-order valence-electron chi connectivity index (χ2n) is 6.13. The molecule has 0 unspecified atom stereocenters. The zero-order valence-corrected chi connectivity index (χ0v) is 13.5. The highest BCUT2D eigenvalue weighted by atomic mass is 16.3. The predicted molar refractivity (Wildman–Crippen MR) is 94.3 cm³/mol. The number of phenolic OH excluding ortho intramolecular Hbond substituents is 1. The molecule has 1 amide bonds. The van der Waals surface area contributed by atoms with Gasteiger partial charge < -0.3 is 20.4 Å². The van der Waals surface area contributed by atoms with Crippen LogP contribution in [0.1, 0.15) is 18.4 Å². The minimum Gasteiger partial charge on any atom is -0.508 e. The van der Waals surface area contributed by atoms with Crippen LogP contribution in [0.15, 0.2) is 48.5 Å². The number of rotatable bonds is 4. The Labute approximate surface area is 141 Å². The standard InChI is InChI=1S/C19H22N2O3/c22-15-7-5-14(6-8-15)13-19(24)20-17-3-1-2-4-18(17)21-11-9-16(23)10-12-21/h1-8,16,22-23H,9-13H2,(H,20,24). The van der Waals surface area contributed by atoms with Gasteiger partial charge >= 0.3 is 0 Å². The van der Waals surface area contributed by atoms with Crippen LogP contribution in [0.2, 0.25) is 0 Å². The van der Waals surface area contributed by atoms with Crippen molar-refractivity contribution in [2.24, 2.45) is 0 Å². The van der Waals surface area contributed by atoms with Gasteiger partial charge in [0.1, 0.15) is 5.75 Å². The number of phenols is 1. The number of hydrogen-bond acceptors (Lipinski definition) is 4. The van der Waals surface area contributed by atoms with E-state index in [9.17, 15) is 15.0 Å². The molecule has 5 nitrogen and oxygen atoms in total. The molecule has 0 saturated carbocycles. The molecule has 0 atom stereocenters. The third-order valence-electron chi connectivity index (χ3n) is 4.28. The van der Waals surface area contributed by atoms with Crippen molar-refractivity contribution in [1.29, 1.82) is 0 Å². The SMILES string of the molecule is O=C(Cc1ccc(O)cc1)Nc1ccccc1N1CCC(O)CC1. The van der Waals surface area contributed by atoms with Gasteiger partial charge in [-0.2, -0.15) is 0 Å². The smallest absolute Gasteiger partial charge is 0.228 e. The number of nitrogens with zero attached hydrogens (tertiary/aromatic N) is 1. The van der Waals surface area contributed by atoms with Gasteiger partial charge in [-0.3, -0.25) is 4.79 Å². The van der Waals surface area contributed by atoms with E-state index in [-0.39, 0.29) is 24.2 Å². The van der Waals surface area contributed by atoms with Crippen LogP contribution in [0, 0.1) is 0 Å². The molecule has 0 aromatic heterocycles. The monoisotopic (exact) mass is 326 g/mol. The Morgan fingerprint density at radius 1 is 1.08 bits per heavy atom. The third-order valence-corrected chi connectivity index (χ3v) is 4.28. The third kappa shape index (κ3) is 4.06. The van der Waals surface area contributed by atoms with Gasteiger partial charge in [-0.05, 0) is 42.7 Å². The number of nitrogens with one attached hydrogen (secondary N) is 1. The summed E-state index contributed by atoms with van der Waals surface area (Å²) < 4.78 is 0. The van der Waals surface area contributed by atoms with Gasteiger partial charge in [0.25, 0.3) is 0 Å². The lowest BCUT2D eigenvalue weighted by Crippen LogP contribution is -2.36. The number of piperidine rings is 1. The van der Waals surface area contributed by atoms with Crippen LogP contribution in [0.4, 0.5) is 11.4 Å². The number of amides is 1. The molecule has 3 N–H and O–H groups in total. The van der Waals surface area contributed by atoms with Crippen LogP contribution in [0.25, 0.3) is 0 Å². The number of aromatic hydroxyl groups is 1. The first kappa shape index (κ1) is 16.3. The first-order valence-corrected chi connectivity index (χ1v) is 8.21. The summed E-state index contributed by atoms with van der Waals surface area (Å²) in [5.74, 6) is 0.0990. The summed E-state index contributed by atoms with van der Waals surface area (Å²) in [6, 6.07) is 14.4. The second kappa shape index (κ2) is 7.36. The topological polar surface area (TPSA) is 72.8 Å². The number of carbonyl (C=O) groups excluding carboxylic acids is 1. The zero-order chi connectivity index (χ0) is 16.9. The summed E-state index contributed by atoms with van der Waals surface area (Å²) in [5, 5.41) is 21.9. The maximum absolute atomic E-state index is 12.3. The van der Waals surface area contributed by atoms with Crippen molar-refractivity contribution in [2.75, 3.05) is 23.3 Å². The Hall–Kier alpha value is -2.53. The van der Waals surface area contributed by atoms with Gasteiger partial charge in [-0.25, -0.2) is 0 Å². The first-order valence-electron chi connectivity index (χ1n) is 8.21. The molecule has 126 valence electrons. The first-order chi connectivity index (χ1) is 11.6. The maximum Gasteiger partial charge on any atom is 0.228 e. The van der Waals surface area contributed by atoms with Crippen LogP contribution in [-0.2, 0) is 11.2 Å². The summed E-state index contributed by atoms with van der Waals surface area (Å²) in [4.78, 5) is 14.5. The Balaban J connectivity index is 1.68. The van der Waals surface area contributed by atoms with E-state index in [0.29, 0.717) is 0 Å². The molecule has 0 aliphatic carbocycles. The summed E-state index contributed by atoms with van der Waals surface area (Å²) in [7, 11) is 0. The molecular formula is C19H22N2O3. The molecule has 1 saturated heterocycles. The molecule has 0 bridgehead atoms. The number of aliphatic hydroxyl groups excluding tert-OH is 1. The van der Waals surface area contributed by atoms with E-state index in [1.165, 1.54) is 0 Å². The van der Waals surface area contributed by atoms with Gasteiger partial charge in [-0.1, -0.05) is 24.3 Å². The Morgan fingerprint density at radius 3 is 2.46 bits per heavy atom. The van der Waals surface area contributed by atoms with Crippen LogP contribution in [0.5, 0.6) is 5.75 Å². The number of hydrogen-bond donors (Lipinski definition) is 3. The average molecular weight is 326 g/mol. The van der Waals surface area contributed by atoms with Gasteiger partial charge in [0.2, 0.25) is 5.91 Å². The molecular weight excluding hydrogens is 304 g/mol. The molecule has 1 aliphatic rings. The molecule has 2 aromatic rings.